The number of fused-ring (bicyclic) bond motifs is 1. The number of anilines is 3. The molecule has 0 radical (unpaired) electrons. The smallest absolute Gasteiger partial charge is 0.278 e. The lowest BCUT2D eigenvalue weighted by Gasteiger charge is -2.38. The van der Waals surface area contributed by atoms with Crippen LogP contribution in [0.4, 0.5) is 17.3 Å². The third-order valence-corrected chi connectivity index (χ3v) is 6.85. The average Bonchev–Trinajstić information content (AvgIpc) is 3.14. The number of piperazine rings is 1. The molecule has 1 aliphatic heterocycles. The van der Waals surface area contributed by atoms with Crippen molar-refractivity contribution in [1.29, 1.82) is 0 Å². The molecule has 1 aromatic carbocycles. The Morgan fingerprint density at radius 1 is 1.15 bits per heavy atom. The van der Waals surface area contributed by atoms with E-state index in [0.29, 0.717) is 34.9 Å². The van der Waals surface area contributed by atoms with Crippen molar-refractivity contribution < 1.29 is 0 Å². The summed E-state index contributed by atoms with van der Waals surface area (Å²) < 4.78 is 4.49. The first-order valence-corrected chi connectivity index (χ1v) is 13.2. The van der Waals surface area contributed by atoms with Gasteiger partial charge in [0, 0.05) is 48.8 Å². The van der Waals surface area contributed by atoms with Crippen LogP contribution >= 0.6 is 0 Å². The third-order valence-electron chi connectivity index (χ3n) is 6.85. The average molecular weight is 530 g/mol. The standard InChI is InChI=1S/C28H35N9O2/c1-7-12-35-27(39)22-14-29-28(32-26(22)37(35)24-10-11-25(38)36(33-24)17(2)3)31-21-8-9-23(18(4)13-21)34-15-19(5)30-20(6)16-34/h7-11,13-14,17,19-20,30H,1,12,15-16H2,2-6H3,(H,29,31,32)/t19-,20+. The predicted octanol–water partition coefficient (Wildman–Crippen LogP) is 3.14. The number of aromatic nitrogens is 6. The monoisotopic (exact) mass is 529 g/mol. The zero-order chi connectivity index (χ0) is 27.8. The van der Waals surface area contributed by atoms with Crippen molar-refractivity contribution in [3.63, 3.8) is 0 Å². The molecule has 1 aliphatic rings. The fraction of sp³-hybridized carbons (Fsp3) is 0.393. The summed E-state index contributed by atoms with van der Waals surface area (Å²) in [5.41, 5.74) is 3.11. The highest BCUT2D eigenvalue weighted by Gasteiger charge is 2.23. The first-order valence-electron chi connectivity index (χ1n) is 13.2. The zero-order valence-electron chi connectivity index (χ0n) is 23.0. The molecule has 1 fully saturated rings. The molecular weight excluding hydrogens is 494 g/mol. The summed E-state index contributed by atoms with van der Waals surface area (Å²) in [6, 6.07) is 9.95. The zero-order valence-corrected chi connectivity index (χ0v) is 23.0. The van der Waals surface area contributed by atoms with Gasteiger partial charge >= 0.3 is 0 Å². The van der Waals surface area contributed by atoms with E-state index in [-0.39, 0.29) is 23.7 Å². The normalized spacial score (nSPS) is 17.6. The topological polar surface area (TPSA) is 115 Å². The van der Waals surface area contributed by atoms with Gasteiger partial charge in [0.1, 0.15) is 5.39 Å². The molecule has 39 heavy (non-hydrogen) atoms. The molecule has 11 nitrogen and oxygen atoms in total. The minimum Gasteiger partial charge on any atom is -0.368 e. The van der Waals surface area contributed by atoms with E-state index < -0.39 is 0 Å². The molecule has 204 valence electrons. The van der Waals surface area contributed by atoms with Crippen molar-refractivity contribution in [3.05, 3.63) is 75.5 Å². The van der Waals surface area contributed by atoms with Crippen LogP contribution in [0.5, 0.6) is 0 Å². The van der Waals surface area contributed by atoms with Gasteiger partial charge in [0.05, 0.1) is 12.6 Å². The summed E-state index contributed by atoms with van der Waals surface area (Å²) in [5, 5.41) is 11.7. The molecule has 0 saturated carbocycles. The number of nitrogens with one attached hydrogen (secondary N) is 2. The minimum absolute atomic E-state index is 0.149. The third kappa shape index (κ3) is 5.09. The summed E-state index contributed by atoms with van der Waals surface area (Å²) >= 11 is 0. The maximum Gasteiger partial charge on any atom is 0.278 e. The molecule has 0 spiro atoms. The van der Waals surface area contributed by atoms with Crippen molar-refractivity contribution in [2.75, 3.05) is 23.3 Å². The van der Waals surface area contributed by atoms with Gasteiger partial charge in [-0.3, -0.25) is 9.59 Å². The Balaban J connectivity index is 1.53. The second-order valence-electron chi connectivity index (χ2n) is 10.5. The van der Waals surface area contributed by atoms with Crippen LogP contribution in [0.3, 0.4) is 0 Å². The molecule has 2 N–H and O–H groups in total. The first-order chi connectivity index (χ1) is 18.7. The van der Waals surface area contributed by atoms with E-state index >= 15 is 0 Å². The predicted molar refractivity (Wildman–Crippen MR) is 154 cm³/mol. The van der Waals surface area contributed by atoms with Gasteiger partial charge in [-0.1, -0.05) is 6.08 Å². The van der Waals surface area contributed by atoms with Crippen LogP contribution in [0.1, 0.15) is 39.3 Å². The lowest BCUT2D eigenvalue weighted by molar-refractivity contribution is 0.407. The number of allylic oxidation sites excluding steroid dienone is 1. The van der Waals surface area contributed by atoms with Gasteiger partial charge in [0.15, 0.2) is 11.5 Å². The minimum atomic E-state index is -0.264. The quantitative estimate of drug-likeness (QED) is 0.351. The Hall–Kier alpha value is -4.25. The highest BCUT2D eigenvalue weighted by atomic mass is 16.1. The molecule has 0 aliphatic carbocycles. The summed E-state index contributed by atoms with van der Waals surface area (Å²) in [7, 11) is 0. The van der Waals surface area contributed by atoms with Crippen LogP contribution in [-0.4, -0.2) is 54.3 Å². The first kappa shape index (κ1) is 26.4. The molecule has 0 bridgehead atoms. The summed E-state index contributed by atoms with van der Waals surface area (Å²) in [6.45, 7) is 16.2. The van der Waals surface area contributed by atoms with Gasteiger partial charge in [-0.05, 0) is 64.4 Å². The van der Waals surface area contributed by atoms with E-state index in [4.69, 9.17) is 4.98 Å². The van der Waals surface area contributed by atoms with E-state index in [0.717, 1.165) is 24.3 Å². The fourth-order valence-electron chi connectivity index (χ4n) is 5.25. The molecule has 4 aromatic rings. The number of aryl methyl sites for hydroxylation is 1. The number of benzene rings is 1. The number of nitrogens with zero attached hydrogens (tertiary/aromatic N) is 7. The van der Waals surface area contributed by atoms with E-state index in [2.05, 4.69) is 65.1 Å². The van der Waals surface area contributed by atoms with E-state index in [1.54, 1.807) is 16.8 Å². The van der Waals surface area contributed by atoms with E-state index in [1.807, 2.05) is 19.9 Å². The Kier molecular flexibility index (Phi) is 7.09. The molecule has 5 rings (SSSR count). The Morgan fingerprint density at radius 2 is 1.90 bits per heavy atom. The molecule has 11 heteroatoms. The molecule has 0 amide bonds. The molecule has 0 unspecified atom stereocenters. The highest BCUT2D eigenvalue weighted by Crippen LogP contribution is 2.27. The summed E-state index contributed by atoms with van der Waals surface area (Å²) in [6.07, 6.45) is 3.15. The lowest BCUT2D eigenvalue weighted by Crippen LogP contribution is -2.54. The number of hydrogen-bond donors (Lipinski definition) is 2. The van der Waals surface area contributed by atoms with Crippen LogP contribution in [0.2, 0.25) is 0 Å². The van der Waals surface area contributed by atoms with Gasteiger partial charge in [-0.2, -0.15) is 4.98 Å². The molecular formula is C28H35N9O2. The SMILES string of the molecule is C=CCn1c(=O)c2cnc(Nc3ccc(N4C[C@@H](C)N[C@@H](C)C4)c(C)c3)nc2n1-c1ccc(=O)n(C(C)C)n1. The molecule has 3 aromatic heterocycles. The Morgan fingerprint density at radius 3 is 2.56 bits per heavy atom. The maximum atomic E-state index is 13.2. The van der Waals surface area contributed by atoms with Gasteiger partial charge in [0.2, 0.25) is 5.95 Å². The second kappa shape index (κ2) is 10.5. The maximum absolute atomic E-state index is 13.2. The van der Waals surface area contributed by atoms with E-state index in [9.17, 15) is 9.59 Å². The summed E-state index contributed by atoms with van der Waals surface area (Å²) in [5.74, 6) is 0.752. The largest absolute Gasteiger partial charge is 0.368 e. The molecule has 4 heterocycles. The Bertz CT molecular complexity index is 1640. The highest BCUT2D eigenvalue weighted by molar-refractivity contribution is 5.77. The van der Waals surface area contributed by atoms with Gasteiger partial charge < -0.3 is 15.5 Å². The van der Waals surface area contributed by atoms with Crippen molar-refractivity contribution in [3.8, 4) is 5.82 Å². The fourth-order valence-corrected chi connectivity index (χ4v) is 5.25. The van der Waals surface area contributed by atoms with Gasteiger partial charge in [0.25, 0.3) is 11.1 Å². The van der Waals surface area contributed by atoms with Crippen molar-refractivity contribution in [1.82, 2.24) is 34.4 Å². The molecule has 1 saturated heterocycles. The van der Waals surface area contributed by atoms with Crippen LogP contribution < -0.4 is 26.7 Å². The van der Waals surface area contributed by atoms with Crippen LogP contribution in [0.25, 0.3) is 16.9 Å². The van der Waals surface area contributed by atoms with Crippen molar-refractivity contribution in [2.45, 2.75) is 59.3 Å². The van der Waals surface area contributed by atoms with E-state index in [1.165, 1.54) is 27.3 Å². The Labute approximate surface area is 226 Å². The number of hydrogen-bond acceptors (Lipinski definition) is 8. The number of rotatable bonds is 7. The lowest BCUT2D eigenvalue weighted by atomic mass is 10.1. The van der Waals surface area contributed by atoms with Crippen molar-refractivity contribution in [2.24, 2.45) is 0 Å². The van der Waals surface area contributed by atoms with Crippen LogP contribution in [-0.2, 0) is 6.54 Å². The summed E-state index contributed by atoms with van der Waals surface area (Å²) in [4.78, 5) is 37.1. The van der Waals surface area contributed by atoms with Crippen molar-refractivity contribution >= 4 is 28.4 Å². The van der Waals surface area contributed by atoms with Gasteiger partial charge in [-0.15, -0.1) is 11.7 Å². The van der Waals surface area contributed by atoms with Crippen LogP contribution in [0, 0.1) is 6.92 Å². The molecule has 2 atom stereocenters. The van der Waals surface area contributed by atoms with Gasteiger partial charge in [-0.25, -0.2) is 19.0 Å². The van der Waals surface area contributed by atoms with Crippen LogP contribution in [0.15, 0.2) is 58.8 Å². The second-order valence-corrected chi connectivity index (χ2v) is 10.5.